The summed E-state index contributed by atoms with van der Waals surface area (Å²) >= 11 is 0. The number of rotatable bonds is 3. The fourth-order valence-electron chi connectivity index (χ4n) is 3.55. The van der Waals surface area contributed by atoms with E-state index in [-0.39, 0.29) is 5.92 Å². The predicted molar refractivity (Wildman–Crippen MR) is 77.8 cm³/mol. The van der Waals surface area contributed by atoms with Crippen molar-refractivity contribution >= 4 is 5.91 Å². The lowest BCUT2D eigenvalue weighted by Gasteiger charge is -2.39. The summed E-state index contributed by atoms with van der Waals surface area (Å²) in [4.78, 5) is 17.2. The van der Waals surface area contributed by atoms with Gasteiger partial charge in [-0.05, 0) is 38.1 Å². The molecule has 2 fully saturated rings. The zero-order valence-electron chi connectivity index (χ0n) is 12.5. The van der Waals surface area contributed by atoms with Crippen LogP contribution in [0.25, 0.3) is 0 Å². The number of nitrogens with zero attached hydrogens (tertiary/aromatic N) is 2. The number of carbonyl (C=O) groups excluding carboxylic acids is 1. The van der Waals surface area contributed by atoms with Crippen molar-refractivity contribution in [2.75, 3.05) is 32.7 Å². The lowest BCUT2D eigenvalue weighted by Crippen LogP contribution is -2.52. The third-order valence-corrected chi connectivity index (χ3v) is 4.75. The second kappa shape index (κ2) is 6.71. The Hall–Kier alpha value is -0.610. The van der Waals surface area contributed by atoms with Gasteiger partial charge in [0.25, 0.3) is 0 Å². The zero-order valence-corrected chi connectivity index (χ0v) is 12.5. The van der Waals surface area contributed by atoms with Crippen molar-refractivity contribution < 1.29 is 4.79 Å². The summed E-state index contributed by atoms with van der Waals surface area (Å²) in [6.07, 6.45) is 4.20. The molecule has 4 nitrogen and oxygen atoms in total. The Morgan fingerprint density at radius 3 is 2.47 bits per heavy atom. The molecule has 0 radical (unpaired) electrons. The number of piperazine rings is 1. The van der Waals surface area contributed by atoms with Crippen molar-refractivity contribution in [2.45, 2.75) is 45.6 Å². The summed E-state index contributed by atoms with van der Waals surface area (Å²) in [7, 11) is 0. The summed E-state index contributed by atoms with van der Waals surface area (Å²) in [5.74, 6) is 1.05. The first-order chi connectivity index (χ1) is 9.11. The number of hydrogen-bond donors (Lipinski definition) is 1. The Labute approximate surface area is 117 Å². The SMILES string of the molecule is CCCN1CCN(C(=O)C2CCC(N)CC2C)CC1. The topological polar surface area (TPSA) is 49.6 Å². The average molecular weight is 267 g/mol. The molecule has 0 aromatic heterocycles. The normalized spacial score (nSPS) is 33.4. The van der Waals surface area contributed by atoms with Crippen molar-refractivity contribution in [1.82, 2.24) is 9.80 Å². The molecule has 4 heteroatoms. The zero-order chi connectivity index (χ0) is 13.8. The van der Waals surface area contributed by atoms with Gasteiger partial charge in [0, 0.05) is 38.1 Å². The van der Waals surface area contributed by atoms with Crippen LogP contribution in [0.4, 0.5) is 0 Å². The molecule has 0 bridgehead atoms. The molecule has 1 aliphatic carbocycles. The van der Waals surface area contributed by atoms with Crippen LogP contribution in [0.5, 0.6) is 0 Å². The van der Waals surface area contributed by atoms with Gasteiger partial charge in [-0.3, -0.25) is 9.69 Å². The van der Waals surface area contributed by atoms with E-state index in [1.54, 1.807) is 0 Å². The molecule has 3 unspecified atom stereocenters. The summed E-state index contributed by atoms with van der Waals surface area (Å²) in [6, 6.07) is 0.306. The van der Waals surface area contributed by atoms with E-state index in [1.807, 2.05) is 0 Å². The van der Waals surface area contributed by atoms with Gasteiger partial charge < -0.3 is 10.6 Å². The number of carbonyl (C=O) groups is 1. The van der Waals surface area contributed by atoms with E-state index in [9.17, 15) is 4.79 Å². The maximum atomic E-state index is 12.6. The van der Waals surface area contributed by atoms with Crippen molar-refractivity contribution in [3.05, 3.63) is 0 Å². The summed E-state index contributed by atoms with van der Waals surface area (Å²) in [5, 5.41) is 0. The Bertz CT molecular complexity index is 300. The lowest BCUT2D eigenvalue weighted by molar-refractivity contribution is -0.140. The van der Waals surface area contributed by atoms with E-state index in [4.69, 9.17) is 5.73 Å². The predicted octanol–water partition coefficient (Wildman–Crippen LogP) is 1.30. The van der Waals surface area contributed by atoms with Gasteiger partial charge in [0.15, 0.2) is 0 Å². The van der Waals surface area contributed by atoms with Crippen LogP contribution in [0.15, 0.2) is 0 Å². The molecule has 1 aliphatic heterocycles. The highest BCUT2D eigenvalue weighted by atomic mass is 16.2. The van der Waals surface area contributed by atoms with Crippen LogP contribution in [0.1, 0.15) is 39.5 Å². The Balaban J connectivity index is 1.84. The van der Waals surface area contributed by atoms with Gasteiger partial charge in [0.1, 0.15) is 0 Å². The quantitative estimate of drug-likeness (QED) is 0.838. The first-order valence-corrected chi connectivity index (χ1v) is 7.88. The number of nitrogens with two attached hydrogens (primary N) is 1. The third-order valence-electron chi connectivity index (χ3n) is 4.75. The molecule has 2 rings (SSSR count). The van der Waals surface area contributed by atoms with Crippen LogP contribution < -0.4 is 5.73 Å². The van der Waals surface area contributed by atoms with Gasteiger partial charge >= 0.3 is 0 Å². The Kier molecular flexibility index (Phi) is 5.22. The van der Waals surface area contributed by atoms with Crippen LogP contribution in [-0.4, -0.2) is 54.5 Å². The van der Waals surface area contributed by atoms with E-state index in [0.29, 0.717) is 17.9 Å². The van der Waals surface area contributed by atoms with E-state index in [1.165, 1.54) is 6.42 Å². The van der Waals surface area contributed by atoms with Crippen LogP contribution in [0.2, 0.25) is 0 Å². The molecule has 1 heterocycles. The lowest BCUT2D eigenvalue weighted by atomic mass is 9.77. The van der Waals surface area contributed by atoms with Crippen molar-refractivity contribution in [1.29, 1.82) is 0 Å². The minimum atomic E-state index is 0.220. The maximum absolute atomic E-state index is 12.6. The molecule has 19 heavy (non-hydrogen) atoms. The molecule has 2 aliphatic rings. The largest absolute Gasteiger partial charge is 0.340 e. The maximum Gasteiger partial charge on any atom is 0.226 e. The molecule has 0 aromatic carbocycles. The van der Waals surface area contributed by atoms with Gasteiger partial charge in [-0.15, -0.1) is 0 Å². The first-order valence-electron chi connectivity index (χ1n) is 7.88. The molecular formula is C15H29N3O. The molecule has 3 atom stereocenters. The smallest absolute Gasteiger partial charge is 0.226 e. The minimum absolute atomic E-state index is 0.220. The highest BCUT2D eigenvalue weighted by Gasteiger charge is 2.34. The Morgan fingerprint density at radius 1 is 1.21 bits per heavy atom. The van der Waals surface area contributed by atoms with E-state index in [0.717, 1.165) is 52.0 Å². The van der Waals surface area contributed by atoms with E-state index < -0.39 is 0 Å². The van der Waals surface area contributed by atoms with Gasteiger partial charge in [-0.1, -0.05) is 13.8 Å². The highest BCUT2D eigenvalue weighted by Crippen LogP contribution is 2.30. The van der Waals surface area contributed by atoms with Gasteiger partial charge in [-0.2, -0.15) is 0 Å². The van der Waals surface area contributed by atoms with Gasteiger partial charge in [0.2, 0.25) is 5.91 Å². The second-order valence-corrected chi connectivity index (χ2v) is 6.32. The molecule has 1 amide bonds. The molecule has 2 N–H and O–H groups in total. The van der Waals surface area contributed by atoms with Crippen LogP contribution in [0.3, 0.4) is 0 Å². The van der Waals surface area contributed by atoms with Crippen LogP contribution in [0, 0.1) is 11.8 Å². The Morgan fingerprint density at radius 2 is 1.89 bits per heavy atom. The van der Waals surface area contributed by atoms with Gasteiger partial charge in [-0.25, -0.2) is 0 Å². The standard InChI is InChI=1S/C15H29N3O/c1-3-6-17-7-9-18(10-8-17)15(19)14-5-4-13(16)11-12(14)2/h12-14H,3-11,16H2,1-2H3. The van der Waals surface area contributed by atoms with Crippen molar-refractivity contribution in [3.8, 4) is 0 Å². The average Bonchev–Trinajstić information content (AvgIpc) is 2.39. The summed E-state index contributed by atoms with van der Waals surface area (Å²) < 4.78 is 0. The summed E-state index contributed by atoms with van der Waals surface area (Å²) in [6.45, 7) is 9.47. The fourth-order valence-corrected chi connectivity index (χ4v) is 3.55. The second-order valence-electron chi connectivity index (χ2n) is 6.32. The highest BCUT2D eigenvalue weighted by molar-refractivity contribution is 5.79. The molecule has 110 valence electrons. The molecule has 0 aromatic rings. The van der Waals surface area contributed by atoms with E-state index in [2.05, 4.69) is 23.6 Å². The molecule has 1 saturated carbocycles. The van der Waals surface area contributed by atoms with Crippen molar-refractivity contribution in [2.24, 2.45) is 17.6 Å². The van der Waals surface area contributed by atoms with Crippen LogP contribution in [-0.2, 0) is 4.79 Å². The minimum Gasteiger partial charge on any atom is -0.340 e. The van der Waals surface area contributed by atoms with Crippen molar-refractivity contribution in [3.63, 3.8) is 0 Å². The van der Waals surface area contributed by atoms with Gasteiger partial charge in [0.05, 0.1) is 0 Å². The fraction of sp³-hybridized carbons (Fsp3) is 0.933. The molecule has 0 spiro atoms. The monoisotopic (exact) mass is 267 g/mol. The third kappa shape index (κ3) is 3.69. The number of amides is 1. The summed E-state index contributed by atoms with van der Waals surface area (Å²) in [5.41, 5.74) is 5.99. The molecule has 1 saturated heterocycles. The van der Waals surface area contributed by atoms with E-state index >= 15 is 0 Å². The first kappa shape index (κ1) is 14.8. The number of hydrogen-bond acceptors (Lipinski definition) is 3. The molecular weight excluding hydrogens is 238 g/mol. The van der Waals surface area contributed by atoms with Crippen LogP contribution >= 0.6 is 0 Å².